The number of nitrogens with two attached hydrogens (primary N) is 1. The molecule has 4 N–H and O–H groups in total. The van der Waals surface area contributed by atoms with Gasteiger partial charge in [-0.05, 0) is 30.9 Å². The van der Waals surface area contributed by atoms with E-state index in [0.29, 0.717) is 23.0 Å². The van der Waals surface area contributed by atoms with Gasteiger partial charge in [0.25, 0.3) is 5.91 Å². The molecule has 102 valence electrons. The average Bonchev–Trinajstić information content (AvgIpc) is 2.81. The lowest BCUT2D eigenvalue weighted by molar-refractivity contribution is 0.0955. The quantitative estimate of drug-likeness (QED) is 0.736. The van der Waals surface area contributed by atoms with Gasteiger partial charge < -0.3 is 16.0 Å². The Morgan fingerprint density at radius 3 is 3.05 bits per heavy atom. The molecule has 19 heavy (non-hydrogen) atoms. The third-order valence-electron chi connectivity index (χ3n) is 3.19. The van der Waals surface area contributed by atoms with Crippen molar-refractivity contribution in [3.05, 3.63) is 30.0 Å². The summed E-state index contributed by atoms with van der Waals surface area (Å²) in [6.07, 6.45) is 4.79. The van der Waals surface area contributed by atoms with Crippen molar-refractivity contribution >= 4 is 34.3 Å². The summed E-state index contributed by atoms with van der Waals surface area (Å²) in [6, 6.07) is 5.52. The zero-order valence-corrected chi connectivity index (χ0v) is 12.0. The fourth-order valence-corrected chi connectivity index (χ4v) is 2.29. The SMILES string of the molecule is CSC(C)CCNC(=O)c1c[nH]c2cc(N)ccc12. The minimum Gasteiger partial charge on any atom is -0.399 e. The van der Waals surface area contributed by atoms with E-state index in [2.05, 4.69) is 23.5 Å². The van der Waals surface area contributed by atoms with Gasteiger partial charge in [-0.15, -0.1) is 0 Å². The van der Waals surface area contributed by atoms with E-state index in [0.717, 1.165) is 17.3 Å². The molecule has 1 aromatic heterocycles. The smallest absolute Gasteiger partial charge is 0.253 e. The van der Waals surface area contributed by atoms with Gasteiger partial charge in [-0.1, -0.05) is 6.92 Å². The van der Waals surface area contributed by atoms with Crippen LogP contribution in [0.5, 0.6) is 0 Å². The molecule has 0 aliphatic rings. The molecular weight excluding hydrogens is 258 g/mol. The Balaban J connectivity index is 2.05. The fourth-order valence-electron chi connectivity index (χ4n) is 1.93. The third kappa shape index (κ3) is 3.23. The number of thioether (sulfide) groups is 1. The van der Waals surface area contributed by atoms with Crippen molar-refractivity contribution in [1.82, 2.24) is 10.3 Å². The predicted molar refractivity (Wildman–Crippen MR) is 82.6 cm³/mol. The molecule has 0 radical (unpaired) electrons. The summed E-state index contributed by atoms with van der Waals surface area (Å²) in [7, 11) is 0. The minimum absolute atomic E-state index is 0.0377. The second-order valence-corrected chi connectivity index (χ2v) is 5.87. The van der Waals surface area contributed by atoms with Crippen molar-refractivity contribution < 1.29 is 4.79 Å². The zero-order valence-electron chi connectivity index (χ0n) is 11.2. The molecule has 0 fully saturated rings. The zero-order chi connectivity index (χ0) is 13.8. The van der Waals surface area contributed by atoms with Crippen molar-refractivity contribution in [2.45, 2.75) is 18.6 Å². The molecule has 1 heterocycles. The molecule has 2 aromatic rings. The lowest BCUT2D eigenvalue weighted by atomic mass is 10.1. The highest BCUT2D eigenvalue weighted by Crippen LogP contribution is 2.20. The van der Waals surface area contributed by atoms with Crippen LogP contribution in [0.3, 0.4) is 0 Å². The number of benzene rings is 1. The van der Waals surface area contributed by atoms with E-state index < -0.39 is 0 Å². The maximum Gasteiger partial charge on any atom is 0.253 e. The molecule has 4 nitrogen and oxygen atoms in total. The van der Waals surface area contributed by atoms with Gasteiger partial charge in [0, 0.05) is 34.6 Å². The van der Waals surface area contributed by atoms with Crippen LogP contribution < -0.4 is 11.1 Å². The lowest BCUT2D eigenvalue weighted by Gasteiger charge is -2.08. The van der Waals surface area contributed by atoms with Crippen molar-refractivity contribution in [3.63, 3.8) is 0 Å². The van der Waals surface area contributed by atoms with E-state index in [1.54, 1.807) is 18.0 Å². The Labute approximate surface area is 117 Å². The van der Waals surface area contributed by atoms with Crippen LogP contribution >= 0.6 is 11.8 Å². The standard InChI is InChI=1S/C14H19N3OS/c1-9(19-2)5-6-16-14(18)12-8-17-13-7-10(15)3-4-11(12)13/h3-4,7-9,17H,5-6,15H2,1-2H3,(H,16,18). The van der Waals surface area contributed by atoms with E-state index in [4.69, 9.17) is 5.73 Å². The number of aromatic amines is 1. The number of nitrogen functional groups attached to an aromatic ring is 1. The first-order chi connectivity index (χ1) is 9.11. The van der Waals surface area contributed by atoms with Crippen LogP contribution in [0.4, 0.5) is 5.69 Å². The number of carbonyl (C=O) groups is 1. The Bertz CT molecular complexity index is 579. The topological polar surface area (TPSA) is 70.9 Å². The highest BCUT2D eigenvalue weighted by atomic mass is 32.2. The fraction of sp³-hybridized carbons (Fsp3) is 0.357. The molecule has 0 saturated heterocycles. The molecule has 5 heteroatoms. The average molecular weight is 277 g/mol. The maximum atomic E-state index is 12.1. The molecule has 2 rings (SSSR count). The van der Waals surface area contributed by atoms with Crippen LogP contribution in [0.2, 0.25) is 0 Å². The number of hydrogen-bond donors (Lipinski definition) is 3. The van der Waals surface area contributed by atoms with E-state index in [9.17, 15) is 4.79 Å². The number of amides is 1. The number of anilines is 1. The van der Waals surface area contributed by atoms with E-state index in [1.165, 1.54) is 0 Å². The normalized spacial score (nSPS) is 12.5. The summed E-state index contributed by atoms with van der Waals surface area (Å²) in [6.45, 7) is 2.85. The first kappa shape index (κ1) is 13.8. The molecule has 0 aliphatic carbocycles. The largest absolute Gasteiger partial charge is 0.399 e. The van der Waals surface area contributed by atoms with Gasteiger partial charge in [0.1, 0.15) is 0 Å². The number of nitrogens with one attached hydrogen (secondary N) is 2. The van der Waals surface area contributed by atoms with E-state index in [-0.39, 0.29) is 5.91 Å². The van der Waals surface area contributed by atoms with Gasteiger partial charge in [-0.25, -0.2) is 0 Å². The third-order valence-corrected chi connectivity index (χ3v) is 4.23. The number of H-pyrrole nitrogens is 1. The highest BCUT2D eigenvalue weighted by Gasteiger charge is 2.11. The molecule has 1 aromatic carbocycles. The highest BCUT2D eigenvalue weighted by molar-refractivity contribution is 7.99. The number of fused-ring (bicyclic) bond motifs is 1. The summed E-state index contributed by atoms with van der Waals surface area (Å²) in [5.74, 6) is -0.0377. The second-order valence-electron chi connectivity index (χ2n) is 4.60. The van der Waals surface area contributed by atoms with Crippen LogP contribution in [0, 0.1) is 0 Å². The Morgan fingerprint density at radius 2 is 2.32 bits per heavy atom. The van der Waals surface area contributed by atoms with Crippen molar-refractivity contribution in [3.8, 4) is 0 Å². The molecule has 1 atom stereocenters. The summed E-state index contributed by atoms with van der Waals surface area (Å²) < 4.78 is 0. The van der Waals surface area contributed by atoms with Gasteiger partial charge in [0.15, 0.2) is 0 Å². The number of aromatic nitrogens is 1. The van der Waals surface area contributed by atoms with Crippen LogP contribution in [-0.4, -0.2) is 28.9 Å². The lowest BCUT2D eigenvalue weighted by Crippen LogP contribution is -2.25. The van der Waals surface area contributed by atoms with Gasteiger partial charge in [0.2, 0.25) is 0 Å². The van der Waals surface area contributed by atoms with Crippen molar-refractivity contribution in [2.24, 2.45) is 0 Å². The van der Waals surface area contributed by atoms with Crippen LogP contribution in [-0.2, 0) is 0 Å². The molecule has 0 saturated carbocycles. The van der Waals surface area contributed by atoms with Crippen LogP contribution in [0.15, 0.2) is 24.4 Å². The van der Waals surface area contributed by atoms with Crippen molar-refractivity contribution in [2.75, 3.05) is 18.5 Å². The maximum absolute atomic E-state index is 12.1. The Morgan fingerprint density at radius 1 is 1.53 bits per heavy atom. The van der Waals surface area contributed by atoms with Gasteiger partial charge >= 0.3 is 0 Å². The summed E-state index contributed by atoms with van der Waals surface area (Å²) >= 11 is 1.81. The van der Waals surface area contributed by atoms with Gasteiger partial charge in [0.05, 0.1) is 5.56 Å². The number of rotatable bonds is 5. The van der Waals surface area contributed by atoms with E-state index >= 15 is 0 Å². The molecule has 1 unspecified atom stereocenters. The number of hydrogen-bond acceptors (Lipinski definition) is 3. The van der Waals surface area contributed by atoms with Gasteiger partial charge in [-0.2, -0.15) is 11.8 Å². The monoisotopic (exact) mass is 277 g/mol. The molecule has 0 aliphatic heterocycles. The molecule has 0 bridgehead atoms. The van der Waals surface area contributed by atoms with Crippen LogP contribution in [0.25, 0.3) is 10.9 Å². The molecule has 0 spiro atoms. The van der Waals surface area contributed by atoms with Crippen LogP contribution in [0.1, 0.15) is 23.7 Å². The summed E-state index contributed by atoms with van der Waals surface area (Å²) in [5, 5.41) is 4.42. The molecule has 1 amide bonds. The first-order valence-corrected chi connectivity index (χ1v) is 7.58. The van der Waals surface area contributed by atoms with Gasteiger partial charge in [-0.3, -0.25) is 4.79 Å². The van der Waals surface area contributed by atoms with E-state index in [1.807, 2.05) is 18.2 Å². The van der Waals surface area contributed by atoms with Crippen molar-refractivity contribution in [1.29, 1.82) is 0 Å². The summed E-state index contributed by atoms with van der Waals surface area (Å²) in [4.78, 5) is 15.2. The Hall–Kier alpha value is -1.62. The predicted octanol–water partition coefficient (Wildman–Crippen LogP) is 2.62. The second kappa shape index (κ2) is 6.02. The molecular formula is C14H19N3OS. The number of carbonyl (C=O) groups excluding carboxylic acids is 1. The summed E-state index contributed by atoms with van der Waals surface area (Å²) in [5.41, 5.74) is 7.97. The minimum atomic E-state index is -0.0377. The first-order valence-electron chi connectivity index (χ1n) is 6.29. The Kier molecular flexibility index (Phi) is 4.37.